The molecule has 3 aliphatic heterocycles. The molecule has 1 saturated heterocycles. The molecule has 0 spiro atoms. The number of ether oxygens (including phenoxy) is 4. The summed E-state index contributed by atoms with van der Waals surface area (Å²) in [7, 11) is 0. The zero-order valence-corrected chi connectivity index (χ0v) is 33.0. The third-order valence-corrected chi connectivity index (χ3v) is 11.1. The summed E-state index contributed by atoms with van der Waals surface area (Å²) in [5, 5.41) is 12.1. The van der Waals surface area contributed by atoms with Crippen molar-refractivity contribution in [3.8, 4) is 17.1 Å². The number of fused-ring (bicyclic) bond motifs is 5. The Labute approximate surface area is 313 Å². The van der Waals surface area contributed by atoms with Gasteiger partial charge in [0.25, 0.3) is 5.56 Å². The van der Waals surface area contributed by atoms with Crippen molar-refractivity contribution in [2.45, 2.75) is 131 Å². The van der Waals surface area contributed by atoms with Crippen LogP contribution in [-0.2, 0) is 44.2 Å². The summed E-state index contributed by atoms with van der Waals surface area (Å²) in [5.41, 5.74) is 1.72. The summed E-state index contributed by atoms with van der Waals surface area (Å²) >= 11 is 0. The molecule has 2 aromatic heterocycles. The van der Waals surface area contributed by atoms with Gasteiger partial charge >= 0.3 is 12.1 Å². The van der Waals surface area contributed by atoms with E-state index in [4.69, 9.17) is 23.9 Å². The molecule has 288 valence electrons. The van der Waals surface area contributed by atoms with Gasteiger partial charge in [0, 0.05) is 35.0 Å². The number of aliphatic hydroxyl groups is 1. The molecule has 0 bridgehead atoms. The summed E-state index contributed by atoms with van der Waals surface area (Å²) in [6, 6.07) is 7.19. The van der Waals surface area contributed by atoms with E-state index in [9.17, 15) is 19.5 Å². The van der Waals surface area contributed by atoms with Gasteiger partial charge in [-0.3, -0.25) is 4.79 Å². The highest BCUT2D eigenvalue weighted by molar-refractivity contribution is 5.90. The standard InChI is InChI=1S/C42H57N3O8/c1-10-28-29-20-27(53-38(48)44-18-15-26(16-19-44)14-17-41(9,24-51-39(3,4)5)25-52-40(6,7)8)12-13-33(29)43-35-30(28)22-45-34(35)21-32-31(36(45)46)23-50-37(47)42(32,49)11-2/h12-13,20-21,26,49H,10-11,14-19,22-25H2,1-9H3/t42-/m0/s1. The first-order valence-electron chi connectivity index (χ1n) is 19.2. The lowest BCUT2D eigenvalue weighted by atomic mass is 9.81. The van der Waals surface area contributed by atoms with Crippen molar-refractivity contribution in [3.05, 3.63) is 56.9 Å². The number of pyridine rings is 2. The van der Waals surface area contributed by atoms with Crippen LogP contribution >= 0.6 is 0 Å². The molecular weight excluding hydrogens is 674 g/mol. The fraction of sp³-hybridized carbons (Fsp3) is 0.619. The number of rotatable bonds is 10. The normalized spacial score (nSPS) is 19.2. The van der Waals surface area contributed by atoms with Gasteiger partial charge in [0.2, 0.25) is 0 Å². The lowest BCUT2D eigenvalue weighted by molar-refractivity contribution is -0.172. The summed E-state index contributed by atoms with van der Waals surface area (Å²) in [5.74, 6) is 0.209. The van der Waals surface area contributed by atoms with Gasteiger partial charge in [0.1, 0.15) is 12.4 Å². The number of benzene rings is 1. The Bertz CT molecular complexity index is 1930. The predicted octanol–water partition coefficient (Wildman–Crippen LogP) is 7.27. The molecule has 1 aromatic carbocycles. The van der Waals surface area contributed by atoms with Crippen LogP contribution in [0, 0.1) is 11.3 Å². The van der Waals surface area contributed by atoms with Crippen LogP contribution in [0.25, 0.3) is 22.3 Å². The van der Waals surface area contributed by atoms with E-state index in [2.05, 4.69) is 55.4 Å². The number of amides is 1. The van der Waals surface area contributed by atoms with E-state index in [1.165, 1.54) is 0 Å². The van der Waals surface area contributed by atoms with E-state index < -0.39 is 11.6 Å². The second kappa shape index (κ2) is 14.5. The quantitative estimate of drug-likeness (QED) is 0.168. The van der Waals surface area contributed by atoms with Gasteiger partial charge in [-0.15, -0.1) is 0 Å². The number of cyclic esters (lactones) is 1. The van der Waals surface area contributed by atoms with Gasteiger partial charge in [-0.2, -0.15) is 0 Å². The minimum Gasteiger partial charge on any atom is -0.458 e. The zero-order valence-electron chi connectivity index (χ0n) is 33.0. The Morgan fingerprint density at radius 3 is 2.25 bits per heavy atom. The van der Waals surface area contributed by atoms with E-state index in [0.29, 0.717) is 79.0 Å². The van der Waals surface area contributed by atoms with E-state index in [1.807, 2.05) is 12.1 Å². The monoisotopic (exact) mass is 731 g/mol. The molecule has 11 heteroatoms. The molecule has 11 nitrogen and oxygen atoms in total. The van der Waals surface area contributed by atoms with Crippen LogP contribution in [0.3, 0.4) is 0 Å². The first kappa shape index (κ1) is 38.9. The third-order valence-electron chi connectivity index (χ3n) is 11.1. The van der Waals surface area contributed by atoms with Gasteiger partial charge < -0.3 is 33.5 Å². The SMILES string of the molecule is CCc1c2c(nc3ccc(OC(=O)N4CCC(CCC(C)(COC(C)(C)C)COC(C)(C)C)CC4)cc13)-c1cc3c(c(=O)n1C2)COC(=O)[C@]3(O)CC. The Morgan fingerprint density at radius 2 is 1.64 bits per heavy atom. The second-order valence-corrected chi connectivity index (χ2v) is 17.5. The fourth-order valence-electron chi connectivity index (χ4n) is 7.70. The first-order chi connectivity index (χ1) is 24.8. The molecule has 6 rings (SSSR count). The van der Waals surface area contributed by atoms with Gasteiger partial charge in [-0.1, -0.05) is 20.8 Å². The summed E-state index contributed by atoms with van der Waals surface area (Å²) < 4.78 is 25.3. The molecule has 3 aromatic rings. The number of nitrogens with zero attached hydrogens (tertiary/aromatic N) is 3. The van der Waals surface area contributed by atoms with Crippen molar-refractivity contribution in [2.24, 2.45) is 11.3 Å². The van der Waals surface area contributed by atoms with Crippen LogP contribution in [0.2, 0.25) is 0 Å². The summed E-state index contributed by atoms with van der Waals surface area (Å²) in [6.45, 7) is 21.2. The number of piperidine rings is 1. The maximum atomic E-state index is 13.7. The number of likely N-dealkylation sites (tertiary alicyclic amines) is 1. The highest BCUT2D eigenvalue weighted by Gasteiger charge is 2.45. The van der Waals surface area contributed by atoms with Gasteiger partial charge in [0.15, 0.2) is 5.60 Å². The molecule has 0 radical (unpaired) electrons. The summed E-state index contributed by atoms with van der Waals surface area (Å²) in [6.07, 6.45) is 4.25. The Hall–Kier alpha value is -3.80. The smallest absolute Gasteiger partial charge is 0.415 e. The maximum absolute atomic E-state index is 13.7. The van der Waals surface area contributed by atoms with Gasteiger partial charge in [-0.25, -0.2) is 14.6 Å². The highest BCUT2D eigenvalue weighted by Crippen LogP contribution is 2.41. The molecule has 0 aliphatic carbocycles. The van der Waals surface area contributed by atoms with Crippen molar-refractivity contribution < 1.29 is 33.6 Å². The topological polar surface area (TPSA) is 129 Å². The van der Waals surface area contributed by atoms with Gasteiger partial charge in [0.05, 0.1) is 53.4 Å². The number of hydrogen-bond donors (Lipinski definition) is 1. The third kappa shape index (κ3) is 8.03. The molecule has 1 N–H and O–H groups in total. The largest absolute Gasteiger partial charge is 0.458 e. The lowest BCUT2D eigenvalue weighted by Gasteiger charge is -2.37. The minimum absolute atomic E-state index is 0.0836. The zero-order chi connectivity index (χ0) is 38.5. The number of carbonyl (C=O) groups excluding carboxylic acids is 2. The van der Waals surface area contributed by atoms with Gasteiger partial charge in [-0.05, 0) is 116 Å². The van der Waals surface area contributed by atoms with Crippen LogP contribution in [0.4, 0.5) is 4.79 Å². The highest BCUT2D eigenvalue weighted by atomic mass is 16.6. The number of carbonyl (C=O) groups is 2. The number of esters is 1. The molecule has 1 atom stereocenters. The molecule has 0 unspecified atom stereocenters. The Kier molecular flexibility index (Phi) is 10.6. The number of hydrogen-bond acceptors (Lipinski definition) is 9. The minimum atomic E-state index is -1.88. The van der Waals surface area contributed by atoms with E-state index in [1.54, 1.807) is 28.5 Å². The molecular formula is C42H57N3O8. The maximum Gasteiger partial charge on any atom is 0.415 e. The molecule has 5 heterocycles. The van der Waals surface area contributed by atoms with E-state index >= 15 is 0 Å². The Morgan fingerprint density at radius 1 is 0.981 bits per heavy atom. The number of aryl methyl sites for hydroxylation is 1. The number of aromatic nitrogens is 2. The van der Waals surface area contributed by atoms with E-state index in [-0.39, 0.29) is 41.3 Å². The van der Waals surface area contributed by atoms with Crippen molar-refractivity contribution in [2.75, 3.05) is 26.3 Å². The van der Waals surface area contributed by atoms with Crippen LogP contribution in [0.5, 0.6) is 5.75 Å². The van der Waals surface area contributed by atoms with Crippen molar-refractivity contribution in [3.63, 3.8) is 0 Å². The first-order valence-corrected chi connectivity index (χ1v) is 19.2. The molecule has 3 aliphatic rings. The van der Waals surface area contributed by atoms with Crippen LogP contribution in [0.15, 0.2) is 29.1 Å². The van der Waals surface area contributed by atoms with Crippen molar-refractivity contribution in [1.82, 2.24) is 14.5 Å². The molecule has 0 saturated carbocycles. The van der Waals surface area contributed by atoms with Crippen LogP contribution < -0.4 is 10.3 Å². The van der Waals surface area contributed by atoms with Crippen molar-refractivity contribution in [1.29, 1.82) is 0 Å². The summed E-state index contributed by atoms with van der Waals surface area (Å²) in [4.78, 5) is 46.4. The average Bonchev–Trinajstić information content (AvgIpc) is 3.48. The molecule has 1 amide bonds. The lowest BCUT2D eigenvalue weighted by Crippen LogP contribution is -2.44. The second-order valence-electron chi connectivity index (χ2n) is 17.5. The predicted molar refractivity (Wildman–Crippen MR) is 203 cm³/mol. The van der Waals surface area contributed by atoms with Crippen molar-refractivity contribution >= 4 is 23.0 Å². The molecule has 1 fully saturated rings. The van der Waals surface area contributed by atoms with Crippen LogP contribution in [-0.4, -0.2) is 69.1 Å². The van der Waals surface area contributed by atoms with E-state index in [0.717, 1.165) is 42.2 Å². The average molecular weight is 732 g/mol. The Balaban J connectivity index is 1.13. The molecule has 53 heavy (non-hydrogen) atoms. The van der Waals surface area contributed by atoms with Crippen LogP contribution in [0.1, 0.15) is 117 Å². The fourth-order valence-corrected chi connectivity index (χ4v) is 7.70.